The maximum atomic E-state index is 12.6. The third-order valence-corrected chi connectivity index (χ3v) is 5.59. The molecule has 3 rings (SSSR count). The van der Waals surface area contributed by atoms with Crippen LogP contribution >= 0.6 is 0 Å². The van der Waals surface area contributed by atoms with Gasteiger partial charge in [-0.05, 0) is 32.4 Å². The normalized spacial score (nSPS) is 22.1. The van der Waals surface area contributed by atoms with Crippen LogP contribution in [0.2, 0.25) is 0 Å². The van der Waals surface area contributed by atoms with Crippen LogP contribution in [0.15, 0.2) is 30.3 Å². The van der Waals surface area contributed by atoms with Crippen LogP contribution in [0, 0.1) is 0 Å². The van der Waals surface area contributed by atoms with E-state index >= 15 is 0 Å². The van der Waals surface area contributed by atoms with Crippen LogP contribution in [0.5, 0.6) is 5.75 Å². The number of hydrogen-bond acceptors (Lipinski definition) is 4. The highest BCUT2D eigenvalue weighted by Crippen LogP contribution is 2.30. The Labute approximate surface area is 150 Å². The molecule has 1 aromatic carbocycles. The Morgan fingerprint density at radius 3 is 2.76 bits per heavy atom. The molecule has 2 aliphatic rings. The molecule has 1 spiro atoms. The first-order chi connectivity index (χ1) is 12.2. The maximum absolute atomic E-state index is 12.6. The van der Waals surface area contributed by atoms with Crippen molar-refractivity contribution in [2.75, 3.05) is 46.9 Å². The molecule has 2 fully saturated rings. The number of para-hydroxylation sites is 1. The minimum Gasteiger partial charge on any atom is -0.496 e. The molecule has 1 amide bonds. The zero-order valence-electron chi connectivity index (χ0n) is 15.3. The van der Waals surface area contributed by atoms with Gasteiger partial charge in [-0.25, -0.2) is 0 Å². The van der Waals surface area contributed by atoms with E-state index < -0.39 is 0 Å². The van der Waals surface area contributed by atoms with Crippen LogP contribution in [0.25, 0.3) is 6.08 Å². The summed E-state index contributed by atoms with van der Waals surface area (Å²) in [7, 11) is 3.80. The molecule has 0 radical (unpaired) electrons. The number of amides is 1. The summed E-state index contributed by atoms with van der Waals surface area (Å²) in [5, 5.41) is 3.10. The minimum absolute atomic E-state index is 0.219. The van der Waals surface area contributed by atoms with E-state index in [1.165, 1.54) is 0 Å². The summed E-state index contributed by atoms with van der Waals surface area (Å²) in [5.41, 5.74) is 0.792. The van der Waals surface area contributed by atoms with Gasteiger partial charge < -0.3 is 10.1 Å². The molecule has 2 aliphatic heterocycles. The summed E-state index contributed by atoms with van der Waals surface area (Å²) >= 11 is 0. The van der Waals surface area contributed by atoms with Crippen LogP contribution in [0.1, 0.15) is 24.8 Å². The van der Waals surface area contributed by atoms with Gasteiger partial charge in [-0.2, -0.15) is 0 Å². The number of methoxy groups -OCH3 is 1. The van der Waals surface area contributed by atoms with Crippen LogP contribution < -0.4 is 10.1 Å². The zero-order valence-corrected chi connectivity index (χ0v) is 15.3. The average molecular weight is 343 g/mol. The van der Waals surface area contributed by atoms with E-state index in [4.69, 9.17) is 4.74 Å². The summed E-state index contributed by atoms with van der Waals surface area (Å²) in [4.78, 5) is 17.3. The van der Waals surface area contributed by atoms with Gasteiger partial charge in [0, 0.05) is 38.3 Å². The smallest absolute Gasteiger partial charge is 0.240 e. The number of carbonyl (C=O) groups excluding carboxylic acids is 1. The average Bonchev–Trinajstić information content (AvgIpc) is 2.77. The van der Waals surface area contributed by atoms with Crippen molar-refractivity contribution >= 4 is 12.0 Å². The second kappa shape index (κ2) is 8.02. The molecule has 25 heavy (non-hydrogen) atoms. The van der Waals surface area contributed by atoms with Gasteiger partial charge in [0.25, 0.3) is 0 Å². The summed E-state index contributed by atoms with van der Waals surface area (Å²) in [5.74, 6) is 1.12. The molecule has 5 nitrogen and oxygen atoms in total. The molecule has 0 aromatic heterocycles. The predicted molar refractivity (Wildman–Crippen MR) is 101 cm³/mol. The van der Waals surface area contributed by atoms with E-state index in [9.17, 15) is 4.79 Å². The molecule has 136 valence electrons. The first-order valence-corrected chi connectivity index (χ1v) is 9.17. The molecule has 2 saturated heterocycles. The number of nitrogens with zero attached hydrogens (tertiary/aromatic N) is 2. The lowest BCUT2D eigenvalue weighted by Crippen LogP contribution is -2.60. The molecule has 0 unspecified atom stereocenters. The largest absolute Gasteiger partial charge is 0.496 e. The van der Waals surface area contributed by atoms with Crippen molar-refractivity contribution in [3.05, 3.63) is 35.9 Å². The number of carbonyl (C=O) groups is 1. The van der Waals surface area contributed by atoms with E-state index in [0.29, 0.717) is 0 Å². The number of ether oxygens (including phenoxy) is 1. The third-order valence-electron chi connectivity index (χ3n) is 5.59. The Morgan fingerprint density at radius 2 is 2.00 bits per heavy atom. The second-order valence-corrected chi connectivity index (χ2v) is 7.01. The van der Waals surface area contributed by atoms with Crippen LogP contribution in [-0.2, 0) is 4.79 Å². The Kier molecular flexibility index (Phi) is 5.76. The van der Waals surface area contributed by atoms with Crippen LogP contribution in [-0.4, -0.2) is 68.1 Å². The molecular weight excluding hydrogens is 314 g/mol. The molecule has 0 bridgehead atoms. The fraction of sp³-hybridized carbons (Fsp3) is 0.550. The van der Waals surface area contributed by atoms with Crippen molar-refractivity contribution in [3.8, 4) is 5.75 Å². The minimum atomic E-state index is -0.306. The Balaban J connectivity index is 1.57. The number of likely N-dealkylation sites (tertiary alicyclic amines) is 1. The molecule has 0 saturated carbocycles. The van der Waals surface area contributed by atoms with E-state index in [0.717, 1.165) is 63.3 Å². The Bertz CT molecular complexity index is 621. The first kappa shape index (κ1) is 18.0. The first-order valence-electron chi connectivity index (χ1n) is 9.17. The fourth-order valence-electron chi connectivity index (χ4n) is 3.92. The molecule has 5 heteroatoms. The lowest BCUT2D eigenvalue weighted by molar-refractivity contribution is -0.134. The van der Waals surface area contributed by atoms with Gasteiger partial charge in [0.1, 0.15) is 11.3 Å². The van der Waals surface area contributed by atoms with Crippen molar-refractivity contribution in [3.63, 3.8) is 0 Å². The van der Waals surface area contributed by atoms with Gasteiger partial charge >= 0.3 is 0 Å². The van der Waals surface area contributed by atoms with E-state index in [-0.39, 0.29) is 11.4 Å². The third kappa shape index (κ3) is 3.88. The van der Waals surface area contributed by atoms with Gasteiger partial charge in [-0.1, -0.05) is 30.4 Å². The maximum Gasteiger partial charge on any atom is 0.240 e. The number of nitrogens with one attached hydrogen (secondary N) is 1. The predicted octanol–water partition coefficient (Wildman–Crippen LogP) is 1.99. The van der Waals surface area contributed by atoms with Crippen molar-refractivity contribution in [1.29, 1.82) is 0 Å². The SMILES string of the molecule is COc1ccccc1C=CCN1CCC2(CC1)C(=O)NCCCN2C. The van der Waals surface area contributed by atoms with Crippen LogP contribution in [0.4, 0.5) is 0 Å². The number of rotatable bonds is 4. The van der Waals surface area contributed by atoms with Crippen molar-refractivity contribution < 1.29 is 9.53 Å². The Hall–Kier alpha value is -1.85. The topological polar surface area (TPSA) is 44.8 Å². The van der Waals surface area contributed by atoms with Gasteiger partial charge in [-0.15, -0.1) is 0 Å². The van der Waals surface area contributed by atoms with E-state index in [1.54, 1.807) is 7.11 Å². The standard InChI is InChI=1S/C20H29N3O2/c1-22-13-6-12-21-19(24)20(22)10-15-23(16-11-20)14-5-8-17-7-3-4-9-18(17)25-2/h3-5,7-9H,6,10-16H2,1-2H3,(H,21,24). The summed E-state index contributed by atoms with van der Waals surface area (Å²) in [6, 6.07) is 8.04. The highest BCUT2D eigenvalue weighted by molar-refractivity contribution is 5.86. The van der Waals surface area contributed by atoms with Crippen molar-refractivity contribution in [1.82, 2.24) is 15.1 Å². The molecule has 2 heterocycles. The van der Waals surface area contributed by atoms with Gasteiger partial charge in [-0.3, -0.25) is 14.6 Å². The highest BCUT2D eigenvalue weighted by atomic mass is 16.5. The fourth-order valence-corrected chi connectivity index (χ4v) is 3.92. The summed E-state index contributed by atoms with van der Waals surface area (Å²) in [6.45, 7) is 4.60. The number of benzene rings is 1. The number of piperidine rings is 1. The number of hydrogen-bond donors (Lipinski definition) is 1. The van der Waals surface area contributed by atoms with Crippen molar-refractivity contribution in [2.24, 2.45) is 0 Å². The molecule has 1 N–H and O–H groups in total. The molecular formula is C20H29N3O2. The Morgan fingerprint density at radius 1 is 1.24 bits per heavy atom. The molecule has 0 aliphatic carbocycles. The van der Waals surface area contributed by atoms with Gasteiger partial charge in [0.05, 0.1) is 7.11 Å². The lowest BCUT2D eigenvalue weighted by atomic mass is 9.85. The van der Waals surface area contributed by atoms with Crippen molar-refractivity contribution in [2.45, 2.75) is 24.8 Å². The van der Waals surface area contributed by atoms with Gasteiger partial charge in [0.15, 0.2) is 0 Å². The summed E-state index contributed by atoms with van der Waals surface area (Å²) in [6.07, 6.45) is 7.14. The second-order valence-electron chi connectivity index (χ2n) is 7.01. The monoisotopic (exact) mass is 343 g/mol. The quantitative estimate of drug-likeness (QED) is 0.908. The molecule has 1 aromatic rings. The van der Waals surface area contributed by atoms with Crippen LogP contribution in [0.3, 0.4) is 0 Å². The number of likely N-dealkylation sites (N-methyl/N-ethyl adjacent to an activating group) is 1. The van der Waals surface area contributed by atoms with Gasteiger partial charge in [0.2, 0.25) is 5.91 Å². The zero-order chi connectivity index (χ0) is 17.7. The van der Waals surface area contributed by atoms with E-state index in [2.05, 4.69) is 40.4 Å². The molecule has 0 atom stereocenters. The van der Waals surface area contributed by atoms with E-state index in [1.807, 2.05) is 18.2 Å². The summed E-state index contributed by atoms with van der Waals surface area (Å²) < 4.78 is 5.38. The lowest BCUT2D eigenvalue weighted by Gasteiger charge is -2.44. The highest BCUT2D eigenvalue weighted by Gasteiger charge is 2.45.